The van der Waals surface area contributed by atoms with Crippen molar-refractivity contribution in [3.8, 4) is 11.5 Å². The fourth-order valence-corrected chi connectivity index (χ4v) is 3.95. The highest BCUT2D eigenvalue weighted by Gasteiger charge is 2.20. The van der Waals surface area contributed by atoms with Gasteiger partial charge in [-0.1, -0.05) is 48.5 Å². The predicted molar refractivity (Wildman–Crippen MR) is 123 cm³/mol. The molecule has 1 aromatic heterocycles. The molecule has 0 fully saturated rings. The highest BCUT2D eigenvalue weighted by Crippen LogP contribution is 2.30. The summed E-state index contributed by atoms with van der Waals surface area (Å²) in [6.45, 7) is 1.26. The second-order valence-electron chi connectivity index (χ2n) is 7.96. The van der Waals surface area contributed by atoms with E-state index in [-0.39, 0.29) is 18.4 Å². The van der Waals surface area contributed by atoms with Gasteiger partial charge in [-0.3, -0.25) is 4.79 Å². The van der Waals surface area contributed by atoms with Crippen LogP contribution in [-0.4, -0.2) is 29.1 Å². The Balaban J connectivity index is 1.36. The van der Waals surface area contributed by atoms with E-state index in [2.05, 4.69) is 22.4 Å². The number of nitrogens with one attached hydrogen (secondary N) is 2. The number of H-pyrrole nitrogens is 1. The zero-order chi connectivity index (χ0) is 21.8. The van der Waals surface area contributed by atoms with Crippen LogP contribution in [0.2, 0.25) is 0 Å². The Hall–Kier alpha value is -3.80. The fourth-order valence-electron chi connectivity index (χ4n) is 3.95. The second-order valence-corrected chi connectivity index (χ2v) is 7.96. The lowest BCUT2D eigenvalue weighted by molar-refractivity contribution is -0.121. The Morgan fingerprint density at radius 1 is 0.938 bits per heavy atom. The number of fused-ring (bicyclic) bond motifs is 2. The topological polar surface area (TPSA) is 76.2 Å². The van der Waals surface area contributed by atoms with Gasteiger partial charge in [-0.15, -0.1) is 0 Å². The summed E-state index contributed by atoms with van der Waals surface area (Å²) < 4.78 is 11.5. The molecule has 0 saturated heterocycles. The number of benzene rings is 3. The molecule has 5 rings (SSSR count). The van der Waals surface area contributed by atoms with E-state index in [1.54, 1.807) is 0 Å². The number of carbonyl (C=O) groups is 1. The van der Waals surface area contributed by atoms with Gasteiger partial charge in [0, 0.05) is 6.42 Å². The summed E-state index contributed by atoms with van der Waals surface area (Å²) in [6, 6.07) is 23.4. The molecule has 4 aromatic rings. The van der Waals surface area contributed by atoms with E-state index in [0.29, 0.717) is 25.4 Å². The van der Waals surface area contributed by atoms with Crippen LogP contribution in [0.25, 0.3) is 11.0 Å². The predicted octanol–water partition coefficient (Wildman–Crippen LogP) is 4.37. The molecule has 0 radical (unpaired) electrons. The highest BCUT2D eigenvalue weighted by atomic mass is 16.5. The van der Waals surface area contributed by atoms with Crippen LogP contribution in [0.1, 0.15) is 29.4 Å². The monoisotopic (exact) mass is 427 g/mol. The van der Waals surface area contributed by atoms with E-state index in [1.807, 2.05) is 60.7 Å². The first-order chi connectivity index (χ1) is 15.7. The molecule has 1 aliphatic heterocycles. The molecule has 0 spiro atoms. The van der Waals surface area contributed by atoms with Gasteiger partial charge in [-0.2, -0.15) is 0 Å². The summed E-state index contributed by atoms with van der Waals surface area (Å²) in [4.78, 5) is 21.1. The normalized spacial score (nSPS) is 14.0. The summed E-state index contributed by atoms with van der Waals surface area (Å²) in [6.07, 6.45) is 1.75. The minimum atomic E-state index is -0.266. The van der Waals surface area contributed by atoms with E-state index >= 15 is 0 Å². The highest BCUT2D eigenvalue weighted by molar-refractivity contribution is 5.80. The van der Waals surface area contributed by atoms with Crippen LogP contribution in [0.3, 0.4) is 0 Å². The average molecular weight is 428 g/mol. The maximum Gasteiger partial charge on any atom is 0.225 e. The van der Waals surface area contributed by atoms with Gasteiger partial charge >= 0.3 is 0 Å². The maximum absolute atomic E-state index is 13.0. The molecule has 2 heterocycles. The molecule has 32 heavy (non-hydrogen) atoms. The summed E-state index contributed by atoms with van der Waals surface area (Å²) in [7, 11) is 0. The van der Waals surface area contributed by atoms with Gasteiger partial charge in [0.25, 0.3) is 0 Å². The number of rotatable bonds is 6. The van der Waals surface area contributed by atoms with Crippen LogP contribution in [0, 0.1) is 0 Å². The molecular weight excluding hydrogens is 402 g/mol. The Bertz CT molecular complexity index is 1190. The number of aromatic amines is 1. The second kappa shape index (κ2) is 9.14. The van der Waals surface area contributed by atoms with Gasteiger partial charge in [0.15, 0.2) is 11.5 Å². The largest absolute Gasteiger partial charge is 0.490 e. The molecular formula is C26H25N3O3. The van der Waals surface area contributed by atoms with E-state index in [0.717, 1.165) is 40.2 Å². The quantitative estimate of drug-likeness (QED) is 0.479. The van der Waals surface area contributed by atoms with Crippen LogP contribution in [0.15, 0.2) is 72.8 Å². The molecule has 0 saturated carbocycles. The van der Waals surface area contributed by atoms with Crippen molar-refractivity contribution in [2.24, 2.45) is 0 Å². The molecule has 2 N–H and O–H groups in total. The Labute approximate surface area is 186 Å². The maximum atomic E-state index is 13.0. The summed E-state index contributed by atoms with van der Waals surface area (Å²) >= 11 is 0. The molecule has 3 aromatic carbocycles. The third kappa shape index (κ3) is 4.59. The van der Waals surface area contributed by atoms with Crippen molar-refractivity contribution in [2.75, 3.05) is 13.2 Å². The molecule has 0 aliphatic carbocycles. The first-order valence-corrected chi connectivity index (χ1v) is 10.9. The molecule has 6 heteroatoms. The number of amides is 1. The third-order valence-corrected chi connectivity index (χ3v) is 5.53. The average Bonchev–Trinajstić information content (AvgIpc) is 3.11. The summed E-state index contributed by atoms with van der Waals surface area (Å²) in [5.41, 5.74) is 3.86. The molecule has 6 nitrogen and oxygen atoms in total. The number of imidazole rings is 1. The SMILES string of the molecule is O=C(Cc1ccc2c(c1)OCCCO2)NC(Cc1ccccc1)c1nc2ccccc2[nH]1. The lowest BCUT2D eigenvalue weighted by Gasteiger charge is -2.17. The van der Waals surface area contributed by atoms with Crippen molar-refractivity contribution >= 4 is 16.9 Å². The molecule has 1 aliphatic rings. The first-order valence-electron chi connectivity index (χ1n) is 10.9. The molecule has 0 bridgehead atoms. The van der Waals surface area contributed by atoms with Crippen LogP contribution >= 0.6 is 0 Å². The number of carbonyl (C=O) groups excluding carboxylic acids is 1. The van der Waals surface area contributed by atoms with Gasteiger partial charge in [0.1, 0.15) is 5.82 Å². The first kappa shape index (κ1) is 20.1. The molecule has 1 amide bonds. The molecule has 1 unspecified atom stereocenters. The van der Waals surface area contributed by atoms with E-state index in [9.17, 15) is 4.79 Å². The van der Waals surface area contributed by atoms with Gasteiger partial charge in [-0.05, 0) is 41.8 Å². The van der Waals surface area contributed by atoms with Crippen LogP contribution in [0.5, 0.6) is 11.5 Å². The number of aromatic nitrogens is 2. The molecule has 162 valence electrons. The van der Waals surface area contributed by atoms with Gasteiger partial charge in [0.05, 0.1) is 36.7 Å². The number of nitrogens with zero attached hydrogens (tertiary/aromatic N) is 1. The number of ether oxygens (including phenoxy) is 2. The zero-order valence-electron chi connectivity index (χ0n) is 17.7. The van der Waals surface area contributed by atoms with Crippen molar-refractivity contribution in [1.82, 2.24) is 15.3 Å². The Kier molecular flexibility index (Phi) is 5.75. The fraction of sp³-hybridized carbons (Fsp3) is 0.231. The number of hydrogen-bond acceptors (Lipinski definition) is 4. The van der Waals surface area contributed by atoms with Crippen molar-refractivity contribution in [1.29, 1.82) is 0 Å². The van der Waals surface area contributed by atoms with E-state index in [1.165, 1.54) is 0 Å². The van der Waals surface area contributed by atoms with Gasteiger partial charge in [0.2, 0.25) is 5.91 Å². The molecule has 1 atom stereocenters. The Morgan fingerprint density at radius 2 is 1.72 bits per heavy atom. The van der Waals surface area contributed by atoms with E-state index in [4.69, 9.17) is 14.5 Å². The third-order valence-electron chi connectivity index (χ3n) is 5.53. The minimum absolute atomic E-state index is 0.0686. The van der Waals surface area contributed by atoms with Crippen molar-refractivity contribution in [3.63, 3.8) is 0 Å². The lowest BCUT2D eigenvalue weighted by Crippen LogP contribution is -2.32. The van der Waals surface area contributed by atoms with Crippen molar-refractivity contribution < 1.29 is 14.3 Å². The van der Waals surface area contributed by atoms with Crippen LogP contribution in [0.4, 0.5) is 0 Å². The van der Waals surface area contributed by atoms with Crippen molar-refractivity contribution in [3.05, 3.63) is 89.7 Å². The zero-order valence-corrected chi connectivity index (χ0v) is 17.7. The van der Waals surface area contributed by atoms with Gasteiger partial charge in [-0.25, -0.2) is 4.98 Å². The minimum Gasteiger partial charge on any atom is -0.490 e. The van der Waals surface area contributed by atoms with Crippen LogP contribution in [-0.2, 0) is 17.6 Å². The number of hydrogen-bond donors (Lipinski definition) is 2. The standard InChI is InChI=1S/C26H25N3O3/c30-25(17-19-11-12-23-24(16-19)32-14-6-13-31-23)27-22(15-18-7-2-1-3-8-18)26-28-20-9-4-5-10-21(20)29-26/h1-5,7-12,16,22H,6,13-15,17H2,(H,27,30)(H,28,29). The van der Waals surface area contributed by atoms with E-state index < -0.39 is 0 Å². The summed E-state index contributed by atoms with van der Waals surface area (Å²) in [5.74, 6) is 2.12. The van der Waals surface area contributed by atoms with Crippen LogP contribution < -0.4 is 14.8 Å². The summed E-state index contributed by atoms with van der Waals surface area (Å²) in [5, 5.41) is 3.18. The van der Waals surface area contributed by atoms with Gasteiger partial charge < -0.3 is 19.8 Å². The Morgan fingerprint density at radius 3 is 2.56 bits per heavy atom. The smallest absolute Gasteiger partial charge is 0.225 e. The number of para-hydroxylation sites is 2. The lowest BCUT2D eigenvalue weighted by atomic mass is 10.0. The van der Waals surface area contributed by atoms with Crippen molar-refractivity contribution in [2.45, 2.75) is 25.3 Å².